The minimum absolute atomic E-state index is 0.521. The van der Waals surface area contributed by atoms with Gasteiger partial charge in [-0.15, -0.1) is 0 Å². The fourth-order valence-electron chi connectivity index (χ4n) is 4.18. The highest BCUT2D eigenvalue weighted by Crippen LogP contribution is 2.34. The lowest BCUT2D eigenvalue weighted by atomic mass is 9.77. The first-order chi connectivity index (χ1) is 12.5. The number of hydrogen-bond donors (Lipinski definition) is 0. The summed E-state index contributed by atoms with van der Waals surface area (Å²) in [7, 11) is 0. The fraction of sp³-hybridized carbons (Fsp3) is 1.00. The third-order valence-corrected chi connectivity index (χ3v) is 6.45. The van der Waals surface area contributed by atoms with Gasteiger partial charge in [0.15, 0.2) is 0 Å². The highest BCUT2D eigenvalue weighted by atomic mass is 15.1. The first-order valence-corrected chi connectivity index (χ1v) is 11.6. The van der Waals surface area contributed by atoms with Crippen molar-refractivity contribution in [2.45, 2.75) is 87.0 Å². The van der Waals surface area contributed by atoms with Crippen LogP contribution in [0.4, 0.5) is 0 Å². The van der Waals surface area contributed by atoms with E-state index >= 15 is 0 Å². The highest BCUT2D eigenvalue weighted by molar-refractivity contribution is 4.77. The van der Waals surface area contributed by atoms with Crippen molar-refractivity contribution >= 4 is 0 Å². The molecule has 0 aliphatic heterocycles. The molecule has 0 aromatic heterocycles. The van der Waals surface area contributed by atoms with E-state index in [0.29, 0.717) is 5.41 Å². The third-order valence-electron chi connectivity index (χ3n) is 6.45. The predicted molar refractivity (Wildman–Crippen MR) is 119 cm³/mol. The molecule has 0 saturated carbocycles. The molecule has 0 amide bonds. The number of hydrogen-bond acceptors (Lipinski definition) is 3. The van der Waals surface area contributed by atoms with Gasteiger partial charge in [-0.1, -0.05) is 48.5 Å². The van der Waals surface area contributed by atoms with E-state index < -0.39 is 0 Å². The van der Waals surface area contributed by atoms with Crippen molar-refractivity contribution < 1.29 is 0 Å². The van der Waals surface area contributed by atoms with Crippen molar-refractivity contribution in [1.29, 1.82) is 0 Å². The molecule has 0 N–H and O–H groups in total. The van der Waals surface area contributed by atoms with Crippen molar-refractivity contribution in [2.24, 2.45) is 5.41 Å². The molecule has 0 saturated heterocycles. The smallest absolute Gasteiger partial charge is 0.00188 e. The SMILES string of the molecule is CCN(CC)CCCC(C)(CCCN(CC)CC)CCCN(CC)CC. The largest absolute Gasteiger partial charge is 0.304 e. The average Bonchev–Trinajstić information content (AvgIpc) is 2.66. The van der Waals surface area contributed by atoms with Crippen molar-refractivity contribution in [1.82, 2.24) is 14.7 Å². The summed E-state index contributed by atoms with van der Waals surface area (Å²) >= 11 is 0. The molecule has 158 valence electrons. The Bertz CT molecular complexity index is 248. The second-order valence-electron chi connectivity index (χ2n) is 8.20. The lowest BCUT2D eigenvalue weighted by Crippen LogP contribution is -2.29. The van der Waals surface area contributed by atoms with Crippen molar-refractivity contribution in [3.05, 3.63) is 0 Å². The van der Waals surface area contributed by atoms with Crippen LogP contribution in [0, 0.1) is 5.41 Å². The van der Waals surface area contributed by atoms with Gasteiger partial charge in [0.2, 0.25) is 0 Å². The standard InChI is InChI=1S/C23H51N3/c1-8-24(9-2)20-14-17-23(7,18-15-21-25(10-3)11-4)19-16-22-26(12-5)13-6/h8-22H2,1-7H3. The van der Waals surface area contributed by atoms with Gasteiger partial charge in [0.25, 0.3) is 0 Å². The Balaban J connectivity index is 4.52. The lowest BCUT2D eigenvalue weighted by molar-refractivity contribution is 0.182. The van der Waals surface area contributed by atoms with Gasteiger partial charge in [-0.3, -0.25) is 0 Å². The Morgan fingerprint density at radius 1 is 0.462 bits per heavy atom. The first kappa shape index (κ1) is 25.9. The summed E-state index contributed by atoms with van der Waals surface area (Å²) in [5.41, 5.74) is 0.521. The molecular weight excluding hydrogens is 318 g/mol. The van der Waals surface area contributed by atoms with E-state index in [2.05, 4.69) is 63.2 Å². The zero-order valence-electron chi connectivity index (χ0n) is 19.4. The van der Waals surface area contributed by atoms with Crippen LogP contribution in [0.1, 0.15) is 87.0 Å². The molecule has 3 heteroatoms. The summed E-state index contributed by atoms with van der Waals surface area (Å²) in [4.78, 5) is 7.73. The molecule has 0 rings (SSSR count). The van der Waals surface area contributed by atoms with E-state index in [0.717, 1.165) is 0 Å². The van der Waals surface area contributed by atoms with E-state index in [1.807, 2.05) is 0 Å². The highest BCUT2D eigenvalue weighted by Gasteiger charge is 2.24. The topological polar surface area (TPSA) is 9.72 Å². The average molecular weight is 370 g/mol. The van der Waals surface area contributed by atoms with Gasteiger partial charge in [-0.25, -0.2) is 0 Å². The molecule has 26 heavy (non-hydrogen) atoms. The fourth-order valence-corrected chi connectivity index (χ4v) is 4.18. The molecule has 0 fully saturated rings. The second-order valence-corrected chi connectivity index (χ2v) is 8.20. The Hall–Kier alpha value is -0.120. The van der Waals surface area contributed by atoms with Crippen LogP contribution in [0.25, 0.3) is 0 Å². The summed E-state index contributed by atoms with van der Waals surface area (Å²) in [5.74, 6) is 0. The van der Waals surface area contributed by atoms with Crippen LogP contribution in [0.15, 0.2) is 0 Å². The maximum Gasteiger partial charge on any atom is -0.00188 e. The quantitative estimate of drug-likeness (QED) is 0.322. The van der Waals surface area contributed by atoms with Crippen molar-refractivity contribution in [2.75, 3.05) is 58.9 Å². The van der Waals surface area contributed by atoms with E-state index in [9.17, 15) is 0 Å². The molecule has 0 spiro atoms. The van der Waals surface area contributed by atoms with Crippen LogP contribution in [-0.4, -0.2) is 73.6 Å². The lowest BCUT2D eigenvalue weighted by Gasteiger charge is -2.33. The van der Waals surface area contributed by atoms with Crippen molar-refractivity contribution in [3.8, 4) is 0 Å². The molecular formula is C23H51N3. The van der Waals surface area contributed by atoms with Gasteiger partial charge in [-0.2, -0.15) is 0 Å². The summed E-state index contributed by atoms with van der Waals surface area (Å²) in [6.07, 6.45) is 8.23. The Morgan fingerprint density at radius 2 is 0.692 bits per heavy atom. The summed E-state index contributed by atoms with van der Waals surface area (Å²) < 4.78 is 0. The second kappa shape index (κ2) is 15.9. The Kier molecular flexibility index (Phi) is 15.8. The molecule has 0 heterocycles. The molecule has 0 aromatic carbocycles. The van der Waals surface area contributed by atoms with Crippen LogP contribution in [0.3, 0.4) is 0 Å². The van der Waals surface area contributed by atoms with E-state index in [1.165, 1.54) is 97.4 Å². The maximum atomic E-state index is 2.58. The summed E-state index contributed by atoms with van der Waals surface area (Å²) in [6.45, 7) is 27.3. The van der Waals surface area contributed by atoms with Crippen LogP contribution < -0.4 is 0 Å². The molecule has 0 unspecified atom stereocenters. The van der Waals surface area contributed by atoms with Gasteiger partial charge in [-0.05, 0) is 103 Å². The first-order valence-electron chi connectivity index (χ1n) is 11.6. The molecule has 0 atom stereocenters. The molecule has 0 aromatic rings. The van der Waals surface area contributed by atoms with Crippen LogP contribution in [-0.2, 0) is 0 Å². The molecule has 0 bridgehead atoms. The monoisotopic (exact) mass is 369 g/mol. The Labute approximate surface area is 166 Å². The van der Waals surface area contributed by atoms with Crippen LogP contribution in [0.5, 0.6) is 0 Å². The minimum atomic E-state index is 0.521. The van der Waals surface area contributed by atoms with Gasteiger partial charge < -0.3 is 14.7 Å². The predicted octanol–water partition coefficient (Wildman–Crippen LogP) is 5.36. The van der Waals surface area contributed by atoms with Crippen molar-refractivity contribution in [3.63, 3.8) is 0 Å². The zero-order chi connectivity index (χ0) is 19.8. The van der Waals surface area contributed by atoms with E-state index in [4.69, 9.17) is 0 Å². The Morgan fingerprint density at radius 3 is 0.885 bits per heavy atom. The molecule has 0 radical (unpaired) electrons. The minimum Gasteiger partial charge on any atom is -0.304 e. The van der Waals surface area contributed by atoms with E-state index in [-0.39, 0.29) is 0 Å². The maximum absolute atomic E-state index is 2.58. The van der Waals surface area contributed by atoms with Gasteiger partial charge in [0, 0.05) is 0 Å². The van der Waals surface area contributed by atoms with Crippen LogP contribution in [0.2, 0.25) is 0 Å². The normalized spacial score (nSPS) is 12.7. The third kappa shape index (κ3) is 11.6. The number of rotatable bonds is 18. The van der Waals surface area contributed by atoms with E-state index in [1.54, 1.807) is 0 Å². The molecule has 0 aliphatic rings. The number of nitrogens with zero attached hydrogens (tertiary/aromatic N) is 3. The van der Waals surface area contributed by atoms with Gasteiger partial charge in [0.05, 0.1) is 0 Å². The van der Waals surface area contributed by atoms with Gasteiger partial charge in [0.1, 0.15) is 0 Å². The summed E-state index contributed by atoms with van der Waals surface area (Å²) in [6, 6.07) is 0. The molecule has 3 nitrogen and oxygen atoms in total. The zero-order valence-corrected chi connectivity index (χ0v) is 19.4. The van der Waals surface area contributed by atoms with Crippen LogP contribution >= 0.6 is 0 Å². The molecule has 0 aliphatic carbocycles. The van der Waals surface area contributed by atoms with Gasteiger partial charge >= 0.3 is 0 Å². The summed E-state index contributed by atoms with van der Waals surface area (Å²) in [5, 5.41) is 0.